The number of β-amino-alcohol motifs (C(OH)–C–C–N with tert-alkyl or cyclic N) is 1. The molecule has 0 spiro atoms. The van der Waals surface area contributed by atoms with Crippen molar-refractivity contribution in [1.82, 2.24) is 5.32 Å². The number of halogens is 2. The summed E-state index contributed by atoms with van der Waals surface area (Å²) in [5.41, 5.74) is 2.72. The maximum absolute atomic E-state index is 14.4. The van der Waals surface area contributed by atoms with Crippen molar-refractivity contribution < 1.29 is 28.2 Å². The molecule has 1 unspecified atom stereocenters. The van der Waals surface area contributed by atoms with Crippen LogP contribution in [0.5, 0.6) is 5.75 Å². The number of carbonyl (C=O) groups is 1. The number of aliphatic hydroxyl groups excluding tert-OH is 1. The van der Waals surface area contributed by atoms with E-state index in [1.165, 1.54) is 23.3 Å². The van der Waals surface area contributed by atoms with Crippen LogP contribution in [0.2, 0.25) is 0 Å². The van der Waals surface area contributed by atoms with E-state index in [2.05, 4.69) is 43.4 Å². The Morgan fingerprint density at radius 1 is 1.15 bits per heavy atom. The normalized spacial score (nSPS) is 14.6. The number of fused-ring (bicyclic) bond motifs is 1. The molecule has 2 aromatic rings. The van der Waals surface area contributed by atoms with E-state index >= 15 is 0 Å². The Morgan fingerprint density at radius 3 is 2.47 bits per heavy atom. The van der Waals surface area contributed by atoms with Crippen molar-refractivity contribution in [2.75, 3.05) is 19.8 Å². The predicted molar refractivity (Wildman–Crippen MR) is 127 cm³/mol. The lowest BCUT2D eigenvalue weighted by atomic mass is 9.88. The molecule has 3 rings (SSSR count). The van der Waals surface area contributed by atoms with E-state index < -0.39 is 23.7 Å². The fourth-order valence-corrected chi connectivity index (χ4v) is 4.57. The van der Waals surface area contributed by atoms with E-state index in [4.69, 9.17) is 9.47 Å². The minimum Gasteiger partial charge on any atom is -0.488 e. The number of aryl methyl sites for hydroxylation is 1. The number of carbonyl (C=O) groups excluding carboxylic acids is 1. The van der Waals surface area contributed by atoms with Crippen molar-refractivity contribution in [2.24, 2.45) is 5.92 Å². The second kappa shape index (κ2) is 11.8. The third-order valence-electron chi connectivity index (χ3n) is 6.21. The Bertz CT molecular complexity index is 954. The van der Waals surface area contributed by atoms with Gasteiger partial charge in [0, 0.05) is 18.5 Å². The number of hydrogen-bond acceptors (Lipinski definition) is 5. The third kappa shape index (κ3) is 7.24. The molecule has 7 heteroatoms. The summed E-state index contributed by atoms with van der Waals surface area (Å²) < 4.78 is 38.9. The van der Waals surface area contributed by atoms with Gasteiger partial charge in [0.25, 0.3) is 0 Å². The summed E-state index contributed by atoms with van der Waals surface area (Å²) in [6, 6.07) is 11.2. The highest BCUT2D eigenvalue weighted by molar-refractivity contribution is 5.69. The van der Waals surface area contributed by atoms with Gasteiger partial charge in [-0.3, -0.25) is 4.79 Å². The molecule has 34 heavy (non-hydrogen) atoms. The molecular weight excluding hydrogens is 440 g/mol. The van der Waals surface area contributed by atoms with E-state index in [1.807, 2.05) is 0 Å². The predicted octanol–water partition coefficient (Wildman–Crippen LogP) is 4.37. The SMILES string of the molecule is CCOC(=O)CCc1ccc(OCC(O)CNC(C)(C)CC2Cc3ccccc3C2)c(F)c1F. The number of hydrogen-bond donors (Lipinski definition) is 2. The molecule has 1 aliphatic rings. The molecule has 1 atom stereocenters. The maximum Gasteiger partial charge on any atom is 0.306 e. The van der Waals surface area contributed by atoms with Gasteiger partial charge in [-0.2, -0.15) is 4.39 Å². The number of esters is 1. The van der Waals surface area contributed by atoms with Gasteiger partial charge in [0.15, 0.2) is 11.6 Å². The van der Waals surface area contributed by atoms with Crippen LogP contribution in [0.4, 0.5) is 8.78 Å². The minimum atomic E-state index is -1.12. The van der Waals surface area contributed by atoms with Crippen LogP contribution in [0.25, 0.3) is 0 Å². The number of rotatable bonds is 12. The van der Waals surface area contributed by atoms with Gasteiger partial charge >= 0.3 is 5.97 Å². The summed E-state index contributed by atoms with van der Waals surface area (Å²) in [5, 5.41) is 13.7. The second-order valence-electron chi connectivity index (χ2n) is 9.63. The van der Waals surface area contributed by atoms with Crippen molar-refractivity contribution >= 4 is 5.97 Å². The Hall–Kier alpha value is -2.51. The Morgan fingerprint density at radius 2 is 1.82 bits per heavy atom. The minimum absolute atomic E-state index is 0.0302. The summed E-state index contributed by atoms with van der Waals surface area (Å²) >= 11 is 0. The third-order valence-corrected chi connectivity index (χ3v) is 6.21. The van der Waals surface area contributed by atoms with Gasteiger partial charge in [0.1, 0.15) is 12.7 Å². The van der Waals surface area contributed by atoms with Gasteiger partial charge < -0.3 is 19.9 Å². The Labute approximate surface area is 200 Å². The standard InChI is InChI=1S/C27H35F2NO4/c1-4-33-24(32)12-10-19-9-11-23(26(29)25(19)28)34-17-22(31)16-30-27(2,3)15-18-13-20-7-5-6-8-21(20)14-18/h5-9,11,18,22,30-31H,4,10,12-17H2,1-3H3. The molecule has 0 aromatic heterocycles. The highest BCUT2D eigenvalue weighted by Gasteiger charge is 2.28. The number of benzene rings is 2. The van der Waals surface area contributed by atoms with Gasteiger partial charge in [0.2, 0.25) is 5.82 Å². The van der Waals surface area contributed by atoms with Crippen LogP contribution in [-0.4, -0.2) is 42.5 Å². The molecule has 0 fully saturated rings. The molecule has 2 aromatic carbocycles. The first-order chi connectivity index (χ1) is 16.2. The van der Waals surface area contributed by atoms with Crippen molar-refractivity contribution in [3.8, 4) is 5.75 Å². The molecule has 2 N–H and O–H groups in total. The largest absolute Gasteiger partial charge is 0.488 e. The summed E-state index contributed by atoms with van der Waals surface area (Å²) in [4.78, 5) is 11.4. The zero-order chi connectivity index (χ0) is 24.7. The van der Waals surface area contributed by atoms with Gasteiger partial charge in [-0.1, -0.05) is 30.3 Å². The van der Waals surface area contributed by atoms with Crippen LogP contribution in [0.1, 0.15) is 50.3 Å². The van der Waals surface area contributed by atoms with Crippen molar-refractivity contribution in [2.45, 2.75) is 64.5 Å². The summed E-state index contributed by atoms with van der Waals surface area (Å²) in [6.45, 7) is 6.24. The van der Waals surface area contributed by atoms with Gasteiger partial charge in [-0.25, -0.2) is 4.39 Å². The van der Waals surface area contributed by atoms with Crippen molar-refractivity contribution in [3.05, 3.63) is 64.7 Å². The van der Waals surface area contributed by atoms with Gasteiger partial charge in [-0.05, 0) is 75.1 Å². The molecule has 0 amide bonds. The number of nitrogens with one attached hydrogen (secondary N) is 1. The summed E-state index contributed by atoms with van der Waals surface area (Å²) in [7, 11) is 0. The Balaban J connectivity index is 1.44. The smallest absolute Gasteiger partial charge is 0.306 e. The first-order valence-corrected chi connectivity index (χ1v) is 11.9. The lowest BCUT2D eigenvalue weighted by molar-refractivity contribution is -0.143. The van der Waals surface area contributed by atoms with Gasteiger partial charge in [-0.15, -0.1) is 0 Å². The molecule has 0 aliphatic heterocycles. The number of ether oxygens (including phenoxy) is 2. The van der Waals surface area contributed by atoms with E-state index in [9.17, 15) is 18.7 Å². The summed E-state index contributed by atoms with van der Waals surface area (Å²) in [5.74, 6) is -2.35. The molecule has 0 saturated carbocycles. The molecule has 5 nitrogen and oxygen atoms in total. The second-order valence-corrected chi connectivity index (χ2v) is 9.63. The molecule has 0 saturated heterocycles. The van der Waals surface area contributed by atoms with Crippen molar-refractivity contribution in [1.29, 1.82) is 0 Å². The molecule has 186 valence electrons. The maximum atomic E-state index is 14.4. The molecular formula is C27H35F2NO4. The zero-order valence-electron chi connectivity index (χ0n) is 20.2. The van der Waals surface area contributed by atoms with Crippen LogP contribution in [0.3, 0.4) is 0 Å². The van der Waals surface area contributed by atoms with Crippen LogP contribution >= 0.6 is 0 Å². The van der Waals surface area contributed by atoms with E-state index in [0.29, 0.717) is 5.92 Å². The van der Waals surface area contributed by atoms with E-state index in [0.717, 1.165) is 19.3 Å². The lowest BCUT2D eigenvalue weighted by Gasteiger charge is -2.30. The fraction of sp³-hybridized carbons (Fsp3) is 0.519. The van der Waals surface area contributed by atoms with Crippen molar-refractivity contribution in [3.63, 3.8) is 0 Å². The number of aliphatic hydroxyl groups is 1. The van der Waals surface area contributed by atoms with Crippen LogP contribution in [0.15, 0.2) is 36.4 Å². The van der Waals surface area contributed by atoms with Crippen LogP contribution in [0, 0.1) is 17.6 Å². The average molecular weight is 476 g/mol. The topological polar surface area (TPSA) is 67.8 Å². The molecule has 0 heterocycles. The quantitative estimate of drug-likeness (QED) is 0.446. The molecule has 0 radical (unpaired) electrons. The fourth-order valence-electron chi connectivity index (χ4n) is 4.57. The average Bonchev–Trinajstić information content (AvgIpc) is 3.19. The Kier molecular flexibility index (Phi) is 9.03. The summed E-state index contributed by atoms with van der Waals surface area (Å²) in [6.07, 6.45) is 2.21. The molecule has 1 aliphatic carbocycles. The van der Waals surface area contributed by atoms with E-state index in [-0.39, 0.29) is 49.5 Å². The zero-order valence-corrected chi connectivity index (χ0v) is 20.2. The molecule has 0 bridgehead atoms. The highest BCUT2D eigenvalue weighted by atomic mass is 19.2. The first-order valence-electron chi connectivity index (χ1n) is 11.9. The first kappa shape index (κ1) is 26.1. The van der Waals surface area contributed by atoms with E-state index in [1.54, 1.807) is 6.92 Å². The van der Waals surface area contributed by atoms with Crippen LogP contribution < -0.4 is 10.1 Å². The monoisotopic (exact) mass is 475 g/mol. The lowest BCUT2D eigenvalue weighted by Crippen LogP contribution is -2.46. The highest BCUT2D eigenvalue weighted by Crippen LogP contribution is 2.32. The van der Waals surface area contributed by atoms with Crippen LogP contribution in [-0.2, 0) is 28.8 Å². The van der Waals surface area contributed by atoms with Gasteiger partial charge in [0.05, 0.1) is 6.61 Å².